The number of hydrogen-bond acceptors (Lipinski definition) is 4. The summed E-state index contributed by atoms with van der Waals surface area (Å²) in [6.45, 7) is 2.07. The Balaban J connectivity index is 1.92. The van der Waals surface area contributed by atoms with Crippen molar-refractivity contribution < 1.29 is 14.3 Å². The van der Waals surface area contributed by atoms with Gasteiger partial charge in [0.25, 0.3) is 5.91 Å². The van der Waals surface area contributed by atoms with E-state index in [1.165, 1.54) is 0 Å². The maximum atomic E-state index is 12.1. The first-order valence-corrected chi connectivity index (χ1v) is 7.44. The minimum atomic E-state index is -0.387. The number of aliphatic imine (C=N–C) groups is 1. The molecule has 6 heteroatoms. The molecule has 3 rings (SSSR count). The monoisotopic (exact) mass is 328 g/mol. The molecule has 0 spiro atoms. The molecule has 1 amide bonds. The highest BCUT2D eigenvalue weighted by Crippen LogP contribution is 2.32. The average molecular weight is 329 g/mol. The van der Waals surface area contributed by atoms with E-state index in [1.54, 1.807) is 49.4 Å². The quantitative estimate of drug-likeness (QED) is 0.875. The largest absolute Gasteiger partial charge is 0.462 e. The second-order valence-corrected chi connectivity index (χ2v) is 5.25. The molecule has 0 bridgehead atoms. The molecular formula is C17H13ClN2O3. The van der Waals surface area contributed by atoms with Gasteiger partial charge in [-0.25, -0.2) is 9.79 Å². The maximum Gasteiger partial charge on any atom is 0.338 e. The Morgan fingerprint density at radius 1 is 1.22 bits per heavy atom. The molecule has 116 valence electrons. The number of rotatable bonds is 3. The van der Waals surface area contributed by atoms with E-state index in [1.807, 2.05) is 0 Å². The Labute approximate surface area is 137 Å². The fourth-order valence-electron chi connectivity index (χ4n) is 2.27. The summed E-state index contributed by atoms with van der Waals surface area (Å²) < 4.78 is 4.92. The summed E-state index contributed by atoms with van der Waals surface area (Å²) in [6, 6.07) is 11.8. The number of nitrogens with one attached hydrogen (secondary N) is 1. The molecule has 23 heavy (non-hydrogen) atoms. The fraction of sp³-hybridized carbons (Fsp3) is 0.118. The van der Waals surface area contributed by atoms with E-state index >= 15 is 0 Å². The Hall–Kier alpha value is -2.66. The van der Waals surface area contributed by atoms with Crippen molar-refractivity contribution in [2.24, 2.45) is 4.99 Å². The molecule has 1 heterocycles. The number of carbonyl (C=O) groups is 2. The average Bonchev–Trinajstić information content (AvgIpc) is 2.86. The van der Waals surface area contributed by atoms with Gasteiger partial charge in [0.2, 0.25) is 0 Å². The summed E-state index contributed by atoms with van der Waals surface area (Å²) in [4.78, 5) is 28.1. The first-order chi connectivity index (χ1) is 11.1. The van der Waals surface area contributed by atoms with Gasteiger partial charge in [0.15, 0.2) is 0 Å². The summed E-state index contributed by atoms with van der Waals surface area (Å²) in [5.74, 6) is -0.690. The third-order valence-electron chi connectivity index (χ3n) is 3.34. The van der Waals surface area contributed by atoms with Crippen LogP contribution in [0.1, 0.15) is 22.8 Å². The van der Waals surface area contributed by atoms with Crippen LogP contribution in [0.2, 0.25) is 5.02 Å². The second-order valence-electron chi connectivity index (χ2n) is 4.84. The van der Waals surface area contributed by atoms with E-state index in [2.05, 4.69) is 10.3 Å². The summed E-state index contributed by atoms with van der Waals surface area (Å²) in [7, 11) is 0. The van der Waals surface area contributed by atoms with Crippen LogP contribution in [-0.2, 0) is 9.53 Å². The number of nitrogens with zero attached hydrogens (tertiary/aromatic N) is 1. The van der Waals surface area contributed by atoms with Crippen LogP contribution in [0.25, 0.3) is 0 Å². The predicted molar refractivity (Wildman–Crippen MR) is 88.7 cm³/mol. The molecule has 0 fully saturated rings. The number of halogens is 1. The van der Waals surface area contributed by atoms with E-state index in [-0.39, 0.29) is 11.9 Å². The van der Waals surface area contributed by atoms with E-state index in [9.17, 15) is 9.59 Å². The molecule has 0 saturated carbocycles. The molecule has 0 saturated heterocycles. The molecule has 0 radical (unpaired) electrons. The summed E-state index contributed by atoms with van der Waals surface area (Å²) in [5.41, 5.74) is 2.54. The van der Waals surface area contributed by atoms with Crippen LogP contribution in [0.5, 0.6) is 0 Å². The highest BCUT2D eigenvalue weighted by molar-refractivity contribution is 6.55. The van der Waals surface area contributed by atoms with Crippen molar-refractivity contribution in [2.75, 3.05) is 11.9 Å². The van der Waals surface area contributed by atoms with Crippen LogP contribution >= 0.6 is 11.6 Å². The number of anilines is 1. The molecule has 1 aliphatic rings. The zero-order chi connectivity index (χ0) is 16.4. The number of esters is 1. The van der Waals surface area contributed by atoms with Crippen LogP contribution in [0.3, 0.4) is 0 Å². The van der Waals surface area contributed by atoms with Gasteiger partial charge in [-0.1, -0.05) is 23.7 Å². The number of benzene rings is 2. The zero-order valence-electron chi connectivity index (χ0n) is 12.3. The normalized spacial score (nSPS) is 14.5. The number of carbonyl (C=O) groups excluding carboxylic acids is 2. The Morgan fingerprint density at radius 3 is 2.65 bits per heavy atom. The molecule has 1 N–H and O–H groups in total. The van der Waals surface area contributed by atoms with Gasteiger partial charge in [-0.15, -0.1) is 0 Å². The number of hydrogen-bond donors (Lipinski definition) is 1. The molecule has 0 aliphatic carbocycles. The van der Waals surface area contributed by atoms with E-state index in [4.69, 9.17) is 16.3 Å². The highest BCUT2D eigenvalue weighted by Gasteiger charge is 2.27. The molecule has 0 unspecified atom stereocenters. The zero-order valence-corrected chi connectivity index (χ0v) is 13.1. The lowest BCUT2D eigenvalue weighted by molar-refractivity contribution is -0.110. The number of ether oxygens (including phenoxy) is 1. The third kappa shape index (κ3) is 2.96. The predicted octanol–water partition coefficient (Wildman–Crippen LogP) is 3.59. The van der Waals surface area contributed by atoms with Crippen molar-refractivity contribution in [3.05, 3.63) is 58.6 Å². The lowest BCUT2D eigenvalue weighted by Gasteiger charge is -2.02. The highest BCUT2D eigenvalue weighted by atomic mass is 35.5. The topological polar surface area (TPSA) is 67.8 Å². The third-order valence-corrected chi connectivity index (χ3v) is 3.66. The van der Waals surface area contributed by atoms with Crippen molar-refractivity contribution in [3.8, 4) is 0 Å². The SMILES string of the molecule is CCOC(=O)c1ccc(N=C2C(=O)Nc3c(Cl)cccc32)cc1. The van der Waals surface area contributed by atoms with Gasteiger partial charge in [0.05, 0.1) is 28.6 Å². The van der Waals surface area contributed by atoms with Crippen LogP contribution in [0, 0.1) is 0 Å². The van der Waals surface area contributed by atoms with Gasteiger partial charge in [-0.05, 0) is 37.3 Å². The Morgan fingerprint density at radius 2 is 1.96 bits per heavy atom. The fourth-order valence-corrected chi connectivity index (χ4v) is 2.49. The van der Waals surface area contributed by atoms with Crippen LogP contribution in [-0.4, -0.2) is 24.2 Å². The van der Waals surface area contributed by atoms with Gasteiger partial charge < -0.3 is 10.1 Å². The van der Waals surface area contributed by atoms with Gasteiger partial charge in [0.1, 0.15) is 5.71 Å². The lowest BCUT2D eigenvalue weighted by Crippen LogP contribution is -2.13. The molecule has 0 atom stereocenters. The van der Waals surface area contributed by atoms with Crippen molar-refractivity contribution in [1.29, 1.82) is 0 Å². The summed E-state index contributed by atoms with van der Waals surface area (Å²) in [6.07, 6.45) is 0. The van der Waals surface area contributed by atoms with Crippen molar-refractivity contribution in [2.45, 2.75) is 6.92 Å². The minimum Gasteiger partial charge on any atom is -0.462 e. The van der Waals surface area contributed by atoms with Gasteiger partial charge in [-0.2, -0.15) is 0 Å². The molecule has 5 nitrogen and oxygen atoms in total. The smallest absolute Gasteiger partial charge is 0.338 e. The van der Waals surface area contributed by atoms with Gasteiger partial charge in [-0.3, -0.25) is 4.79 Å². The number of fused-ring (bicyclic) bond motifs is 1. The number of amides is 1. The first-order valence-electron chi connectivity index (χ1n) is 7.06. The van der Waals surface area contributed by atoms with Gasteiger partial charge in [0, 0.05) is 5.56 Å². The lowest BCUT2D eigenvalue weighted by atomic mass is 10.1. The standard InChI is InChI=1S/C17H13ClN2O3/c1-2-23-17(22)10-6-8-11(9-7-10)19-15-12-4-3-5-13(18)14(12)20-16(15)21/h3-9H,2H2,1H3,(H,19,20,21). The van der Waals surface area contributed by atoms with Crippen molar-refractivity contribution in [3.63, 3.8) is 0 Å². The minimum absolute atomic E-state index is 0.298. The molecule has 0 aromatic heterocycles. The molecule has 2 aromatic carbocycles. The molecule has 1 aliphatic heterocycles. The second kappa shape index (κ2) is 6.22. The Kier molecular flexibility index (Phi) is 4.12. The molecular weight excluding hydrogens is 316 g/mol. The van der Waals surface area contributed by atoms with Gasteiger partial charge >= 0.3 is 5.97 Å². The number of para-hydroxylation sites is 1. The Bertz CT molecular complexity index is 813. The van der Waals surface area contributed by atoms with E-state index in [0.29, 0.717) is 39.8 Å². The van der Waals surface area contributed by atoms with Crippen LogP contribution in [0.15, 0.2) is 47.5 Å². The van der Waals surface area contributed by atoms with Crippen LogP contribution < -0.4 is 5.32 Å². The maximum absolute atomic E-state index is 12.1. The van der Waals surface area contributed by atoms with Crippen LogP contribution in [0.4, 0.5) is 11.4 Å². The first kappa shape index (κ1) is 15.2. The van der Waals surface area contributed by atoms with Crippen molar-refractivity contribution in [1.82, 2.24) is 0 Å². The van der Waals surface area contributed by atoms with E-state index in [0.717, 1.165) is 0 Å². The van der Waals surface area contributed by atoms with E-state index < -0.39 is 0 Å². The molecule has 2 aromatic rings. The summed E-state index contributed by atoms with van der Waals surface area (Å²) in [5, 5.41) is 3.18. The van der Waals surface area contributed by atoms with Crippen molar-refractivity contribution >= 4 is 40.6 Å². The summed E-state index contributed by atoms with van der Waals surface area (Å²) >= 11 is 6.07.